The van der Waals surface area contributed by atoms with Gasteiger partial charge in [-0.3, -0.25) is 4.79 Å². The number of carboxylic acids is 1. The molecule has 0 saturated heterocycles. The van der Waals surface area contributed by atoms with E-state index in [-0.39, 0.29) is 24.2 Å². The number of amides is 1. The molecule has 0 fully saturated rings. The molecular formula is C14H14N4O3S. The summed E-state index contributed by atoms with van der Waals surface area (Å²) >= 11 is 1.79. The fourth-order valence-electron chi connectivity index (χ4n) is 2.35. The Hall–Kier alpha value is -2.35. The van der Waals surface area contributed by atoms with E-state index in [1.54, 1.807) is 11.8 Å². The molecule has 0 bridgehead atoms. The lowest BCUT2D eigenvalue weighted by atomic mass is 10.0. The number of rotatable bonds is 4. The van der Waals surface area contributed by atoms with Crippen LogP contribution >= 0.6 is 11.8 Å². The predicted octanol–water partition coefficient (Wildman–Crippen LogP) is 1.33. The van der Waals surface area contributed by atoms with Crippen LogP contribution in [0.4, 0.5) is 0 Å². The van der Waals surface area contributed by atoms with Crippen molar-refractivity contribution in [2.24, 2.45) is 0 Å². The van der Waals surface area contributed by atoms with Gasteiger partial charge in [-0.1, -0.05) is 23.4 Å². The van der Waals surface area contributed by atoms with E-state index >= 15 is 0 Å². The standard InChI is InChI=1S/C14H14N4O3S/c19-13(8-18-7-11(14(20)21)16-17-18)15-10-5-6-22-12-4-2-1-3-9(10)12/h1-4,7,10H,5-6,8H2,(H,15,19)(H,20,21). The molecule has 1 aromatic carbocycles. The second-order valence-corrected chi connectivity index (χ2v) is 6.04. The van der Waals surface area contributed by atoms with Gasteiger partial charge in [0.15, 0.2) is 5.69 Å². The minimum absolute atomic E-state index is 0.0209. The topological polar surface area (TPSA) is 97.1 Å². The smallest absolute Gasteiger partial charge is 0.358 e. The number of aromatic carboxylic acids is 1. The Labute approximate surface area is 130 Å². The van der Waals surface area contributed by atoms with Gasteiger partial charge in [0, 0.05) is 10.6 Å². The minimum Gasteiger partial charge on any atom is -0.476 e. The number of aromatic nitrogens is 3. The van der Waals surface area contributed by atoms with Crippen molar-refractivity contribution in [3.05, 3.63) is 41.7 Å². The van der Waals surface area contributed by atoms with Gasteiger partial charge in [0.05, 0.1) is 12.2 Å². The minimum atomic E-state index is -1.16. The second-order valence-electron chi connectivity index (χ2n) is 4.90. The number of fused-ring (bicyclic) bond motifs is 1. The molecule has 1 aliphatic heterocycles. The summed E-state index contributed by atoms with van der Waals surface area (Å²) in [4.78, 5) is 24.0. The molecule has 1 aromatic heterocycles. The van der Waals surface area contributed by atoms with E-state index in [1.165, 1.54) is 15.8 Å². The Balaban J connectivity index is 1.66. The Morgan fingerprint density at radius 1 is 1.41 bits per heavy atom. The molecule has 2 N–H and O–H groups in total. The predicted molar refractivity (Wildman–Crippen MR) is 79.6 cm³/mol. The monoisotopic (exact) mass is 318 g/mol. The first kappa shape index (κ1) is 14.6. The van der Waals surface area contributed by atoms with Crippen molar-refractivity contribution in [2.45, 2.75) is 23.9 Å². The molecule has 8 heteroatoms. The lowest BCUT2D eigenvalue weighted by molar-refractivity contribution is -0.122. The molecule has 3 rings (SSSR count). The van der Waals surface area contributed by atoms with Crippen LogP contribution < -0.4 is 5.32 Å². The summed E-state index contributed by atoms with van der Waals surface area (Å²) in [6, 6.07) is 7.99. The molecule has 0 radical (unpaired) electrons. The fourth-order valence-corrected chi connectivity index (χ4v) is 3.48. The van der Waals surface area contributed by atoms with Gasteiger partial charge in [-0.2, -0.15) is 0 Å². The van der Waals surface area contributed by atoms with E-state index in [0.29, 0.717) is 0 Å². The number of hydrogen-bond donors (Lipinski definition) is 2. The average molecular weight is 318 g/mol. The summed E-state index contributed by atoms with van der Waals surface area (Å²) in [6.45, 7) is -0.0495. The molecule has 2 heterocycles. The molecule has 1 atom stereocenters. The lowest BCUT2D eigenvalue weighted by Gasteiger charge is -2.25. The number of carboxylic acid groups (broad SMARTS) is 1. The van der Waals surface area contributed by atoms with Crippen molar-refractivity contribution in [3.63, 3.8) is 0 Å². The van der Waals surface area contributed by atoms with Crippen LogP contribution in [0.15, 0.2) is 35.4 Å². The molecule has 7 nitrogen and oxygen atoms in total. The third kappa shape index (κ3) is 3.11. The average Bonchev–Trinajstić information content (AvgIpc) is 2.96. The lowest BCUT2D eigenvalue weighted by Crippen LogP contribution is -2.33. The molecule has 1 aliphatic rings. The van der Waals surface area contributed by atoms with Crippen LogP contribution in [0.2, 0.25) is 0 Å². The first-order chi connectivity index (χ1) is 10.6. The van der Waals surface area contributed by atoms with Gasteiger partial charge in [-0.05, 0) is 18.1 Å². The first-order valence-corrected chi connectivity index (χ1v) is 7.76. The largest absolute Gasteiger partial charge is 0.476 e. The highest BCUT2D eigenvalue weighted by Gasteiger charge is 2.22. The van der Waals surface area contributed by atoms with Crippen LogP contribution in [0.1, 0.15) is 28.5 Å². The highest BCUT2D eigenvalue weighted by atomic mass is 32.2. The maximum Gasteiger partial charge on any atom is 0.358 e. The number of benzene rings is 1. The van der Waals surface area contributed by atoms with Crippen molar-refractivity contribution in [2.75, 3.05) is 5.75 Å². The number of carbonyl (C=O) groups excluding carboxylic acids is 1. The number of carbonyl (C=O) groups is 2. The Kier molecular flexibility index (Phi) is 4.10. The molecular weight excluding hydrogens is 304 g/mol. The van der Waals surface area contributed by atoms with Crippen LogP contribution in [0.3, 0.4) is 0 Å². The van der Waals surface area contributed by atoms with Gasteiger partial charge in [0.1, 0.15) is 6.54 Å². The van der Waals surface area contributed by atoms with Gasteiger partial charge in [0.25, 0.3) is 0 Å². The molecule has 0 spiro atoms. The third-order valence-corrected chi connectivity index (χ3v) is 4.48. The van der Waals surface area contributed by atoms with E-state index in [9.17, 15) is 9.59 Å². The first-order valence-electron chi connectivity index (χ1n) is 6.78. The van der Waals surface area contributed by atoms with Gasteiger partial charge in [-0.25, -0.2) is 9.48 Å². The van der Waals surface area contributed by atoms with Crippen LogP contribution in [-0.2, 0) is 11.3 Å². The zero-order chi connectivity index (χ0) is 15.5. The zero-order valence-corrected chi connectivity index (χ0v) is 12.4. The van der Waals surface area contributed by atoms with Gasteiger partial charge in [0.2, 0.25) is 5.91 Å². The van der Waals surface area contributed by atoms with Crippen molar-refractivity contribution >= 4 is 23.6 Å². The zero-order valence-electron chi connectivity index (χ0n) is 11.6. The van der Waals surface area contributed by atoms with E-state index in [2.05, 4.69) is 21.7 Å². The van der Waals surface area contributed by atoms with Crippen molar-refractivity contribution in [1.82, 2.24) is 20.3 Å². The SMILES string of the molecule is O=C(Cn1cc(C(=O)O)nn1)NC1CCSc2ccccc21. The fraction of sp³-hybridized carbons (Fsp3) is 0.286. The number of hydrogen-bond acceptors (Lipinski definition) is 5. The summed E-state index contributed by atoms with van der Waals surface area (Å²) in [7, 11) is 0. The quantitative estimate of drug-likeness (QED) is 0.882. The normalized spacial score (nSPS) is 16.8. The summed E-state index contributed by atoms with van der Waals surface area (Å²) in [5.74, 6) is -0.424. The molecule has 0 saturated carbocycles. The Bertz CT molecular complexity index is 716. The van der Waals surface area contributed by atoms with E-state index < -0.39 is 5.97 Å². The highest BCUT2D eigenvalue weighted by Crippen LogP contribution is 2.35. The number of nitrogens with zero attached hydrogens (tertiary/aromatic N) is 3. The van der Waals surface area contributed by atoms with Crippen molar-refractivity contribution in [1.29, 1.82) is 0 Å². The van der Waals surface area contributed by atoms with Crippen molar-refractivity contribution in [3.8, 4) is 0 Å². The van der Waals surface area contributed by atoms with Crippen LogP contribution in [0, 0.1) is 0 Å². The maximum atomic E-state index is 12.1. The van der Waals surface area contributed by atoms with Crippen LogP contribution in [-0.4, -0.2) is 37.7 Å². The van der Waals surface area contributed by atoms with Gasteiger partial charge < -0.3 is 10.4 Å². The third-order valence-electron chi connectivity index (χ3n) is 3.36. The summed E-state index contributed by atoms with van der Waals surface area (Å²) in [5.41, 5.74) is 0.948. The van der Waals surface area contributed by atoms with Crippen LogP contribution in [0.25, 0.3) is 0 Å². The maximum absolute atomic E-state index is 12.1. The van der Waals surface area contributed by atoms with Gasteiger partial charge in [-0.15, -0.1) is 16.9 Å². The van der Waals surface area contributed by atoms with E-state index in [0.717, 1.165) is 17.7 Å². The molecule has 1 amide bonds. The molecule has 22 heavy (non-hydrogen) atoms. The summed E-state index contributed by atoms with van der Waals surface area (Å²) in [6.07, 6.45) is 2.11. The highest BCUT2D eigenvalue weighted by molar-refractivity contribution is 7.99. The summed E-state index contributed by atoms with van der Waals surface area (Å²) in [5, 5.41) is 18.9. The Morgan fingerprint density at radius 3 is 3.00 bits per heavy atom. The van der Waals surface area contributed by atoms with Crippen molar-refractivity contribution < 1.29 is 14.7 Å². The molecule has 1 unspecified atom stereocenters. The second kappa shape index (κ2) is 6.18. The number of nitrogens with one attached hydrogen (secondary N) is 1. The molecule has 114 valence electrons. The molecule has 2 aromatic rings. The van der Waals surface area contributed by atoms with E-state index in [4.69, 9.17) is 5.11 Å². The molecule has 0 aliphatic carbocycles. The van der Waals surface area contributed by atoms with E-state index in [1.807, 2.05) is 18.2 Å². The van der Waals surface area contributed by atoms with Gasteiger partial charge >= 0.3 is 5.97 Å². The summed E-state index contributed by atoms with van der Waals surface area (Å²) < 4.78 is 1.22. The van der Waals surface area contributed by atoms with Crippen LogP contribution in [0.5, 0.6) is 0 Å². The number of thioether (sulfide) groups is 1. The Morgan fingerprint density at radius 2 is 2.23 bits per heavy atom.